The number of hydrogen-bond donors (Lipinski definition) is 1. The molecule has 0 radical (unpaired) electrons. The van der Waals surface area contributed by atoms with E-state index in [4.69, 9.17) is 9.15 Å². The van der Waals surface area contributed by atoms with Crippen LogP contribution in [0.2, 0.25) is 0 Å². The second-order valence-corrected chi connectivity index (χ2v) is 6.04. The first kappa shape index (κ1) is 16.8. The first-order valence-electron chi connectivity index (χ1n) is 8.52. The number of hydrogen-bond acceptors (Lipinski definition) is 5. The molecule has 1 heterocycles. The van der Waals surface area contributed by atoms with Gasteiger partial charge in [-0.2, -0.15) is 0 Å². The van der Waals surface area contributed by atoms with E-state index in [1.165, 1.54) is 6.39 Å². The predicted molar refractivity (Wildman–Crippen MR) is 102 cm³/mol. The highest BCUT2D eigenvalue weighted by atomic mass is 16.5. The number of anilines is 1. The van der Waals surface area contributed by atoms with E-state index < -0.39 is 6.10 Å². The van der Waals surface area contributed by atoms with Gasteiger partial charge in [0.15, 0.2) is 6.10 Å². The Bertz CT molecular complexity index is 1050. The molecular formula is C21H17N3O3. The Hall–Kier alpha value is -3.67. The molecule has 1 N–H and O–H groups in total. The second kappa shape index (κ2) is 7.29. The largest absolute Gasteiger partial charge is 0.481 e. The quantitative estimate of drug-likeness (QED) is 0.575. The summed E-state index contributed by atoms with van der Waals surface area (Å²) in [6.07, 6.45) is 0.623. The monoisotopic (exact) mass is 359 g/mol. The van der Waals surface area contributed by atoms with Gasteiger partial charge in [0.05, 0.1) is 0 Å². The third kappa shape index (κ3) is 3.64. The van der Waals surface area contributed by atoms with Crippen molar-refractivity contribution in [2.24, 2.45) is 0 Å². The van der Waals surface area contributed by atoms with Crippen LogP contribution in [0.15, 0.2) is 77.5 Å². The minimum Gasteiger partial charge on any atom is -0.481 e. The normalized spacial score (nSPS) is 11.9. The van der Waals surface area contributed by atoms with Gasteiger partial charge < -0.3 is 14.5 Å². The number of nitrogens with zero attached hydrogens (tertiary/aromatic N) is 2. The van der Waals surface area contributed by atoms with Gasteiger partial charge in [-0.3, -0.25) is 4.79 Å². The Morgan fingerprint density at radius 1 is 1.04 bits per heavy atom. The van der Waals surface area contributed by atoms with Crippen LogP contribution in [0.3, 0.4) is 0 Å². The number of amides is 1. The molecule has 6 heteroatoms. The molecule has 134 valence electrons. The maximum atomic E-state index is 12.5. The summed E-state index contributed by atoms with van der Waals surface area (Å²) < 4.78 is 10.9. The molecule has 1 amide bonds. The first-order valence-corrected chi connectivity index (χ1v) is 8.52. The molecule has 6 nitrogen and oxygen atoms in total. The Balaban J connectivity index is 1.45. The van der Waals surface area contributed by atoms with Crippen molar-refractivity contribution in [3.8, 4) is 17.2 Å². The smallest absolute Gasteiger partial charge is 0.265 e. The van der Waals surface area contributed by atoms with Gasteiger partial charge in [-0.25, -0.2) is 0 Å². The van der Waals surface area contributed by atoms with E-state index in [-0.39, 0.29) is 5.91 Å². The Kier molecular flexibility index (Phi) is 4.53. The summed E-state index contributed by atoms with van der Waals surface area (Å²) in [6, 6.07) is 20.9. The fourth-order valence-corrected chi connectivity index (χ4v) is 2.80. The van der Waals surface area contributed by atoms with Crippen LogP contribution in [-0.4, -0.2) is 22.2 Å². The third-order valence-electron chi connectivity index (χ3n) is 4.19. The lowest BCUT2D eigenvalue weighted by Gasteiger charge is -2.16. The minimum absolute atomic E-state index is 0.215. The van der Waals surface area contributed by atoms with Crippen LogP contribution in [0.25, 0.3) is 22.2 Å². The summed E-state index contributed by atoms with van der Waals surface area (Å²) in [6.45, 7) is 1.71. The van der Waals surface area contributed by atoms with E-state index in [1.807, 2.05) is 42.5 Å². The second-order valence-electron chi connectivity index (χ2n) is 6.04. The van der Waals surface area contributed by atoms with Gasteiger partial charge in [-0.15, -0.1) is 10.2 Å². The van der Waals surface area contributed by atoms with E-state index in [1.54, 1.807) is 31.2 Å². The number of carbonyl (C=O) groups is 1. The Labute approximate surface area is 155 Å². The maximum absolute atomic E-state index is 12.5. The van der Waals surface area contributed by atoms with Crippen molar-refractivity contribution in [3.05, 3.63) is 73.1 Å². The standard InChI is InChI=1S/C21H17N3O3/c1-14(27-17-11-9-16(10-12-17)21-24-22-13-26-21)20(25)23-19-8-4-6-15-5-2-3-7-18(15)19/h2-14H,1H3,(H,23,25)/t14-/m0/s1. The average molecular weight is 359 g/mol. The van der Waals surface area contributed by atoms with Crippen molar-refractivity contribution in [1.29, 1.82) is 0 Å². The van der Waals surface area contributed by atoms with Crippen molar-refractivity contribution >= 4 is 22.4 Å². The molecule has 0 aliphatic carbocycles. The van der Waals surface area contributed by atoms with Crippen LogP contribution in [0, 0.1) is 0 Å². The average Bonchev–Trinajstić information content (AvgIpc) is 3.23. The number of fused-ring (bicyclic) bond motifs is 1. The van der Waals surface area contributed by atoms with Crippen molar-refractivity contribution < 1.29 is 13.9 Å². The summed E-state index contributed by atoms with van der Waals surface area (Å²) in [5, 5.41) is 12.5. The van der Waals surface area contributed by atoms with Crippen LogP contribution in [0.4, 0.5) is 5.69 Å². The van der Waals surface area contributed by atoms with E-state index in [2.05, 4.69) is 15.5 Å². The first-order chi connectivity index (χ1) is 13.2. The lowest BCUT2D eigenvalue weighted by molar-refractivity contribution is -0.122. The van der Waals surface area contributed by atoms with Gasteiger partial charge in [0.1, 0.15) is 5.75 Å². The molecule has 3 aromatic carbocycles. The van der Waals surface area contributed by atoms with Crippen LogP contribution in [0.1, 0.15) is 6.92 Å². The number of ether oxygens (including phenoxy) is 1. The van der Waals surface area contributed by atoms with Crippen molar-refractivity contribution in [3.63, 3.8) is 0 Å². The van der Waals surface area contributed by atoms with Crippen molar-refractivity contribution in [2.45, 2.75) is 13.0 Å². The molecule has 0 spiro atoms. The fourth-order valence-electron chi connectivity index (χ4n) is 2.80. The van der Waals surface area contributed by atoms with Crippen molar-refractivity contribution in [1.82, 2.24) is 10.2 Å². The highest BCUT2D eigenvalue weighted by Gasteiger charge is 2.16. The number of aromatic nitrogens is 2. The highest BCUT2D eigenvalue weighted by molar-refractivity contribution is 6.03. The Morgan fingerprint density at radius 3 is 2.59 bits per heavy atom. The van der Waals surface area contributed by atoms with Crippen LogP contribution < -0.4 is 10.1 Å². The van der Waals surface area contributed by atoms with Gasteiger partial charge in [0, 0.05) is 16.6 Å². The predicted octanol–water partition coefficient (Wildman–Crippen LogP) is 4.30. The number of rotatable bonds is 5. The van der Waals surface area contributed by atoms with Crippen LogP contribution >= 0.6 is 0 Å². The SMILES string of the molecule is C[C@H](Oc1ccc(-c2nnco2)cc1)C(=O)Nc1cccc2ccccc12. The number of carbonyl (C=O) groups excluding carboxylic acids is 1. The number of benzene rings is 3. The molecule has 0 aliphatic rings. The lowest BCUT2D eigenvalue weighted by Crippen LogP contribution is -2.30. The summed E-state index contributed by atoms with van der Waals surface area (Å²) in [7, 11) is 0. The van der Waals surface area contributed by atoms with Gasteiger partial charge in [-0.1, -0.05) is 36.4 Å². The molecule has 0 saturated carbocycles. The fraction of sp³-hybridized carbons (Fsp3) is 0.0952. The van der Waals surface area contributed by atoms with E-state index in [0.717, 1.165) is 22.0 Å². The van der Waals surface area contributed by atoms with Gasteiger partial charge in [0.25, 0.3) is 5.91 Å². The van der Waals surface area contributed by atoms with E-state index >= 15 is 0 Å². The molecule has 1 atom stereocenters. The summed E-state index contributed by atoms with van der Waals surface area (Å²) >= 11 is 0. The van der Waals surface area contributed by atoms with Gasteiger partial charge in [-0.05, 0) is 42.6 Å². The molecule has 4 aromatic rings. The summed E-state index contributed by atoms with van der Waals surface area (Å²) in [4.78, 5) is 12.5. The summed E-state index contributed by atoms with van der Waals surface area (Å²) in [5.74, 6) is 0.800. The molecule has 1 aromatic heterocycles. The minimum atomic E-state index is -0.654. The Morgan fingerprint density at radius 2 is 1.81 bits per heavy atom. The van der Waals surface area contributed by atoms with E-state index in [9.17, 15) is 4.79 Å². The third-order valence-corrected chi connectivity index (χ3v) is 4.19. The van der Waals surface area contributed by atoms with Crippen molar-refractivity contribution in [2.75, 3.05) is 5.32 Å². The molecule has 0 unspecified atom stereocenters. The topological polar surface area (TPSA) is 77.2 Å². The molecule has 0 fully saturated rings. The molecule has 0 saturated heterocycles. The zero-order chi connectivity index (χ0) is 18.6. The molecule has 4 rings (SSSR count). The molecule has 0 aliphatic heterocycles. The maximum Gasteiger partial charge on any atom is 0.265 e. The highest BCUT2D eigenvalue weighted by Crippen LogP contribution is 2.24. The number of nitrogens with one attached hydrogen (secondary N) is 1. The summed E-state index contributed by atoms with van der Waals surface area (Å²) in [5.41, 5.74) is 1.55. The van der Waals surface area contributed by atoms with E-state index in [0.29, 0.717) is 11.6 Å². The lowest BCUT2D eigenvalue weighted by atomic mass is 10.1. The van der Waals surface area contributed by atoms with Gasteiger partial charge in [0.2, 0.25) is 12.3 Å². The van der Waals surface area contributed by atoms with Crippen LogP contribution in [-0.2, 0) is 4.79 Å². The molecule has 0 bridgehead atoms. The van der Waals surface area contributed by atoms with Crippen LogP contribution in [0.5, 0.6) is 5.75 Å². The van der Waals surface area contributed by atoms with Gasteiger partial charge >= 0.3 is 0 Å². The zero-order valence-corrected chi connectivity index (χ0v) is 14.6. The zero-order valence-electron chi connectivity index (χ0n) is 14.6. The molecular weight excluding hydrogens is 342 g/mol. The molecule has 27 heavy (non-hydrogen) atoms.